The molecule has 0 aromatic heterocycles. The van der Waals surface area contributed by atoms with Gasteiger partial charge in [-0.2, -0.15) is 13.2 Å². The standard InChI is InChI=1S/C12H17F3N2O2/c13-12(14,15)5-1-2-6-16-8-10(18)17-7-3-4-9(17)11(16)19/h9H,1-8H2. The van der Waals surface area contributed by atoms with E-state index in [9.17, 15) is 22.8 Å². The number of piperazine rings is 1. The molecule has 2 heterocycles. The third-order valence-corrected chi connectivity index (χ3v) is 3.63. The van der Waals surface area contributed by atoms with Crippen LogP contribution in [0, 0.1) is 0 Å². The zero-order valence-electron chi connectivity index (χ0n) is 10.6. The van der Waals surface area contributed by atoms with Crippen LogP contribution in [0.4, 0.5) is 13.2 Å². The minimum atomic E-state index is -4.15. The summed E-state index contributed by atoms with van der Waals surface area (Å²) in [6.07, 6.45) is -3.21. The average Bonchev–Trinajstić information content (AvgIpc) is 2.79. The zero-order chi connectivity index (χ0) is 14.0. The van der Waals surface area contributed by atoms with Crippen LogP contribution in [-0.2, 0) is 9.59 Å². The van der Waals surface area contributed by atoms with Gasteiger partial charge in [-0.25, -0.2) is 0 Å². The Kier molecular flexibility index (Phi) is 4.01. The van der Waals surface area contributed by atoms with Crippen molar-refractivity contribution in [1.82, 2.24) is 9.80 Å². The fourth-order valence-electron chi connectivity index (χ4n) is 2.68. The molecular weight excluding hydrogens is 261 g/mol. The number of nitrogens with zero attached hydrogens (tertiary/aromatic N) is 2. The summed E-state index contributed by atoms with van der Waals surface area (Å²) < 4.78 is 36.0. The van der Waals surface area contributed by atoms with Gasteiger partial charge in [0.1, 0.15) is 6.04 Å². The van der Waals surface area contributed by atoms with Gasteiger partial charge in [0.05, 0.1) is 6.54 Å². The van der Waals surface area contributed by atoms with E-state index >= 15 is 0 Å². The summed E-state index contributed by atoms with van der Waals surface area (Å²) in [5.74, 6) is -0.193. The highest BCUT2D eigenvalue weighted by molar-refractivity contribution is 5.95. The lowest BCUT2D eigenvalue weighted by atomic mass is 10.1. The van der Waals surface area contributed by atoms with Crippen LogP contribution in [-0.4, -0.2) is 53.5 Å². The highest BCUT2D eigenvalue weighted by atomic mass is 19.4. The van der Waals surface area contributed by atoms with Crippen molar-refractivity contribution in [2.75, 3.05) is 19.6 Å². The molecule has 0 aromatic rings. The lowest BCUT2D eigenvalue weighted by Gasteiger charge is -2.36. The first-order valence-corrected chi connectivity index (χ1v) is 6.53. The van der Waals surface area contributed by atoms with E-state index in [1.165, 1.54) is 4.90 Å². The number of fused-ring (bicyclic) bond motifs is 1. The van der Waals surface area contributed by atoms with Crippen LogP contribution in [0.25, 0.3) is 0 Å². The fourth-order valence-corrected chi connectivity index (χ4v) is 2.68. The quantitative estimate of drug-likeness (QED) is 0.732. The number of unbranched alkanes of at least 4 members (excludes halogenated alkanes) is 1. The molecule has 0 spiro atoms. The molecule has 0 radical (unpaired) electrons. The van der Waals surface area contributed by atoms with Crippen molar-refractivity contribution in [3.05, 3.63) is 0 Å². The first-order chi connectivity index (χ1) is 8.88. The summed E-state index contributed by atoms with van der Waals surface area (Å²) >= 11 is 0. The van der Waals surface area contributed by atoms with E-state index in [1.807, 2.05) is 0 Å². The molecule has 0 saturated carbocycles. The van der Waals surface area contributed by atoms with Gasteiger partial charge in [-0.3, -0.25) is 9.59 Å². The molecule has 0 N–H and O–H groups in total. The van der Waals surface area contributed by atoms with E-state index < -0.39 is 12.6 Å². The number of hydrogen-bond acceptors (Lipinski definition) is 2. The van der Waals surface area contributed by atoms with Crippen LogP contribution >= 0.6 is 0 Å². The van der Waals surface area contributed by atoms with E-state index in [2.05, 4.69) is 0 Å². The summed E-state index contributed by atoms with van der Waals surface area (Å²) in [6, 6.07) is -0.371. The molecule has 0 aromatic carbocycles. The van der Waals surface area contributed by atoms with Crippen LogP contribution in [0.5, 0.6) is 0 Å². The van der Waals surface area contributed by atoms with Crippen molar-refractivity contribution >= 4 is 11.8 Å². The van der Waals surface area contributed by atoms with Crippen molar-refractivity contribution in [3.63, 3.8) is 0 Å². The summed E-state index contributed by atoms with van der Waals surface area (Å²) in [7, 11) is 0. The topological polar surface area (TPSA) is 40.6 Å². The van der Waals surface area contributed by atoms with E-state index in [-0.39, 0.29) is 43.8 Å². The molecular formula is C12H17F3N2O2. The Balaban J connectivity index is 1.81. The second-order valence-electron chi connectivity index (χ2n) is 5.08. The smallest absolute Gasteiger partial charge is 0.332 e. The normalized spacial score (nSPS) is 24.1. The van der Waals surface area contributed by atoms with Crippen molar-refractivity contribution in [1.29, 1.82) is 0 Å². The molecule has 4 nitrogen and oxygen atoms in total. The SMILES string of the molecule is O=C1C2CCCN2C(=O)CN1CCCCC(F)(F)F. The lowest BCUT2D eigenvalue weighted by Crippen LogP contribution is -2.57. The van der Waals surface area contributed by atoms with E-state index in [4.69, 9.17) is 0 Å². The summed E-state index contributed by atoms with van der Waals surface area (Å²) in [6.45, 7) is 0.878. The van der Waals surface area contributed by atoms with Gasteiger partial charge in [0, 0.05) is 19.5 Å². The largest absolute Gasteiger partial charge is 0.389 e. The molecule has 1 atom stereocenters. The molecule has 2 aliphatic heterocycles. The maximum Gasteiger partial charge on any atom is 0.389 e. The number of halogens is 3. The Labute approximate surface area is 109 Å². The molecule has 7 heteroatoms. The summed E-state index contributed by atoms with van der Waals surface area (Å²) in [5, 5.41) is 0. The molecule has 0 aliphatic carbocycles. The summed E-state index contributed by atoms with van der Waals surface area (Å²) in [5.41, 5.74) is 0. The number of carbonyl (C=O) groups excluding carboxylic acids is 2. The maximum absolute atomic E-state index is 12.1. The number of carbonyl (C=O) groups is 2. The highest BCUT2D eigenvalue weighted by Crippen LogP contribution is 2.25. The van der Waals surface area contributed by atoms with E-state index in [0.717, 1.165) is 6.42 Å². The van der Waals surface area contributed by atoms with Gasteiger partial charge >= 0.3 is 6.18 Å². The molecule has 2 saturated heterocycles. The molecule has 2 amide bonds. The van der Waals surface area contributed by atoms with Gasteiger partial charge in [-0.05, 0) is 25.7 Å². The zero-order valence-corrected chi connectivity index (χ0v) is 10.6. The number of rotatable bonds is 4. The van der Waals surface area contributed by atoms with Crippen molar-refractivity contribution < 1.29 is 22.8 Å². The molecule has 19 heavy (non-hydrogen) atoms. The third-order valence-electron chi connectivity index (χ3n) is 3.63. The minimum absolute atomic E-state index is 0.00412. The molecule has 2 fully saturated rings. The van der Waals surface area contributed by atoms with Crippen LogP contribution in [0.15, 0.2) is 0 Å². The van der Waals surface area contributed by atoms with Gasteiger partial charge in [-0.1, -0.05) is 0 Å². The van der Waals surface area contributed by atoms with E-state index in [0.29, 0.717) is 13.0 Å². The van der Waals surface area contributed by atoms with Crippen molar-refractivity contribution in [2.45, 2.75) is 44.3 Å². The van der Waals surface area contributed by atoms with Crippen LogP contribution in [0.2, 0.25) is 0 Å². The second-order valence-corrected chi connectivity index (χ2v) is 5.08. The molecule has 0 bridgehead atoms. The third kappa shape index (κ3) is 3.39. The second kappa shape index (κ2) is 5.38. The van der Waals surface area contributed by atoms with Gasteiger partial charge in [0.15, 0.2) is 0 Å². The monoisotopic (exact) mass is 278 g/mol. The Morgan fingerprint density at radius 2 is 1.95 bits per heavy atom. The van der Waals surface area contributed by atoms with Gasteiger partial charge < -0.3 is 9.80 Å². The maximum atomic E-state index is 12.1. The molecule has 108 valence electrons. The fraction of sp³-hybridized carbons (Fsp3) is 0.833. The van der Waals surface area contributed by atoms with Crippen molar-refractivity contribution in [3.8, 4) is 0 Å². The lowest BCUT2D eigenvalue weighted by molar-refractivity contribution is -0.153. The number of alkyl halides is 3. The van der Waals surface area contributed by atoms with Crippen LogP contribution < -0.4 is 0 Å². The first kappa shape index (κ1) is 14.1. The van der Waals surface area contributed by atoms with Crippen LogP contribution in [0.1, 0.15) is 32.1 Å². The molecule has 2 aliphatic rings. The Bertz CT molecular complexity index is 370. The average molecular weight is 278 g/mol. The summed E-state index contributed by atoms with van der Waals surface area (Å²) in [4.78, 5) is 26.8. The van der Waals surface area contributed by atoms with Gasteiger partial charge in [-0.15, -0.1) is 0 Å². The predicted octanol–water partition coefficient (Wildman–Crippen LogP) is 1.55. The molecule has 2 rings (SSSR count). The Morgan fingerprint density at radius 3 is 2.63 bits per heavy atom. The van der Waals surface area contributed by atoms with Gasteiger partial charge in [0.2, 0.25) is 11.8 Å². The van der Waals surface area contributed by atoms with Crippen LogP contribution in [0.3, 0.4) is 0 Å². The molecule has 1 unspecified atom stereocenters. The van der Waals surface area contributed by atoms with Gasteiger partial charge in [0.25, 0.3) is 0 Å². The predicted molar refractivity (Wildman–Crippen MR) is 61.2 cm³/mol. The number of hydrogen-bond donors (Lipinski definition) is 0. The Hall–Kier alpha value is -1.27. The minimum Gasteiger partial charge on any atom is -0.332 e. The first-order valence-electron chi connectivity index (χ1n) is 6.53. The number of amides is 2. The van der Waals surface area contributed by atoms with Crippen molar-refractivity contribution in [2.24, 2.45) is 0 Å². The Morgan fingerprint density at radius 1 is 1.21 bits per heavy atom. The van der Waals surface area contributed by atoms with E-state index in [1.54, 1.807) is 4.90 Å². The highest BCUT2D eigenvalue weighted by Gasteiger charge is 2.41.